The predicted molar refractivity (Wildman–Crippen MR) is 56.9 cm³/mol. The average Bonchev–Trinajstić information content (AvgIpc) is 2.55. The van der Waals surface area contributed by atoms with Gasteiger partial charge in [-0.25, -0.2) is 0 Å². The monoisotopic (exact) mass is 188 g/mol. The fourth-order valence-electron chi connectivity index (χ4n) is 3.25. The lowest BCUT2D eigenvalue weighted by Gasteiger charge is -2.26. The van der Waals surface area contributed by atoms with E-state index in [1.165, 1.54) is 30.4 Å². The largest absolute Gasteiger partial charge is 0.508 e. The van der Waals surface area contributed by atoms with E-state index in [4.69, 9.17) is 0 Å². The molecule has 2 unspecified atom stereocenters. The van der Waals surface area contributed by atoms with Gasteiger partial charge in [0.2, 0.25) is 0 Å². The number of aliphatic hydroxyl groups excluding tert-OH is 1. The SMILES string of the molecule is OC1=C2CCCCC2C2CC=CC=C12. The van der Waals surface area contributed by atoms with Crippen molar-refractivity contribution in [2.75, 3.05) is 0 Å². The molecule has 0 aromatic rings. The van der Waals surface area contributed by atoms with Gasteiger partial charge in [0.1, 0.15) is 5.76 Å². The van der Waals surface area contributed by atoms with E-state index in [-0.39, 0.29) is 0 Å². The fraction of sp³-hybridized carbons (Fsp3) is 0.538. The maximum Gasteiger partial charge on any atom is 0.118 e. The molecule has 2 atom stereocenters. The molecular formula is C13H16O. The summed E-state index contributed by atoms with van der Waals surface area (Å²) < 4.78 is 0. The van der Waals surface area contributed by atoms with Gasteiger partial charge in [-0.05, 0) is 48.7 Å². The highest BCUT2D eigenvalue weighted by molar-refractivity contribution is 5.45. The van der Waals surface area contributed by atoms with Crippen LogP contribution in [0.25, 0.3) is 0 Å². The molecule has 14 heavy (non-hydrogen) atoms. The Morgan fingerprint density at radius 3 is 3.07 bits per heavy atom. The molecule has 0 bridgehead atoms. The van der Waals surface area contributed by atoms with Gasteiger partial charge in [-0.1, -0.05) is 24.6 Å². The molecule has 0 aliphatic heterocycles. The van der Waals surface area contributed by atoms with E-state index in [2.05, 4.69) is 18.2 Å². The van der Waals surface area contributed by atoms with E-state index in [1.54, 1.807) is 0 Å². The van der Waals surface area contributed by atoms with Crippen molar-refractivity contribution in [3.8, 4) is 0 Å². The summed E-state index contributed by atoms with van der Waals surface area (Å²) >= 11 is 0. The summed E-state index contributed by atoms with van der Waals surface area (Å²) in [6, 6.07) is 0. The molecule has 0 radical (unpaired) electrons. The Balaban J connectivity index is 2.04. The summed E-state index contributed by atoms with van der Waals surface area (Å²) in [6.45, 7) is 0. The lowest BCUT2D eigenvalue weighted by Crippen LogP contribution is -2.16. The first-order valence-corrected chi connectivity index (χ1v) is 5.67. The van der Waals surface area contributed by atoms with Crippen LogP contribution >= 0.6 is 0 Å². The predicted octanol–water partition coefficient (Wildman–Crippen LogP) is 3.50. The van der Waals surface area contributed by atoms with Crippen molar-refractivity contribution in [3.63, 3.8) is 0 Å². The van der Waals surface area contributed by atoms with Crippen LogP contribution < -0.4 is 0 Å². The van der Waals surface area contributed by atoms with Crippen LogP contribution in [0.1, 0.15) is 32.1 Å². The topological polar surface area (TPSA) is 20.2 Å². The summed E-state index contributed by atoms with van der Waals surface area (Å²) in [5.74, 6) is 1.92. The summed E-state index contributed by atoms with van der Waals surface area (Å²) in [5.41, 5.74) is 2.57. The maximum absolute atomic E-state index is 10.1. The van der Waals surface area contributed by atoms with Crippen LogP contribution in [-0.2, 0) is 0 Å². The second-order valence-corrected chi connectivity index (χ2v) is 4.62. The van der Waals surface area contributed by atoms with Crippen LogP contribution in [0.2, 0.25) is 0 Å². The Labute approximate surface area is 84.8 Å². The van der Waals surface area contributed by atoms with E-state index in [0.29, 0.717) is 17.6 Å². The van der Waals surface area contributed by atoms with Crippen molar-refractivity contribution < 1.29 is 5.11 Å². The van der Waals surface area contributed by atoms with E-state index >= 15 is 0 Å². The fourth-order valence-corrected chi connectivity index (χ4v) is 3.25. The summed E-state index contributed by atoms with van der Waals surface area (Å²) in [6.07, 6.45) is 12.6. The van der Waals surface area contributed by atoms with E-state index < -0.39 is 0 Å². The van der Waals surface area contributed by atoms with Gasteiger partial charge in [-0.15, -0.1) is 0 Å². The zero-order valence-corrected chi connectivity index (χ0v) is 8.37. The minimum atomic E-state index is 0.607. The second-order valence-electron chi connectivity index (χ2n) is 4.62. The lowest BCUT2D eigenvalue weighted by molar-refractivity contribution is 0.374. The van der Waals surface area contributed by atoms with Crippen molar-refractivity contribution in [3.05, 3.63) is 35.1 Å². The van der Waals surface area contributed by atoms with E-state index in [0.717, 1.165) is 12.8 Å². The van der Waals surface area contributed by atoms with Crippen LogP contribution in [0.5, 0.6) is 0 Å². The highest BCUT2D eigenvalue weighted by Gasteiger charge is 2.39. The van der Waals surface area contributed by atoms with Crippen molar-refractivity contribution >= 4 is 0 Å². The third-order valence-corrected chi connectivity index (χ3v) is 3.92. The first-order valence-electron chi connectivity index (χ1n) is 5.67. The van der Waals surface area contributed by atoms with Crippen LogP contribution in [-0.4, -0.2) is 5.11 Å². The summed E-state index contributed by atoms with van der Waals surface area (Å²) in [5, 5.41) is 10.1. The summed E-state index contributed by atoms with van der Waals surface area (Å²) in [7, 11) is 0. The number of hydrogen-bond acceptors (Lipinski definition) is 1. The number of allylic oxidation sites excluding steroid dienone is 5. The molecule has 3 aliphatic carbocycles. The molecule has 0 spiro atoms. The minimum Gasteiger partial charge on any atom is -0.508 e. The standard InChI is InChI=1S/C13H16O/c14-13-11-7-3-1-5-9(11)10-6-2-4-8-12(10)13/h1,3,7,9-10,14H,2,4-6,8H2. The van der Waals surface area contributed by atoms with Gasteiger partial charge in [-0.2, -0.15) is 0 Å². The minimum absolute atomic E-state index is 0.607. The Bertz CT molecular complexity index is 346. The quantitative estimate of drug-likeness (QED) is 0.616. The molecule has 1 N–H and O–H groups in total. The third-order valence-electron chi connectivity index (χ3n) is 3.92. The molecule has 0 saturated heterocycles. The average molecular weight is 188 g/mol. The molecule has 1 fully saturated rings. The van der Waals surface area contributed by atoms with Gasteiger partial charge < -0.3 is 5.11 Å². The van der Waals surface area contributed by atoms with E-state index in [1.807, 2.05) is 0 Å². The number of hydrogen-bond donors (Lipinski definition) is 1. The highest BCUT2D eigenvalue weighted by atomic mass is 16.3. The van der Waals surface area contributed by atoms with E-state index in [9.17, 15) is 5.11 Å². The van der Waals surface area contributed by atoms with Crippen LogP contribution in [0.15, 0.2) is 35.1 Å². The first kappa shape index (κ1) is 8.34. The number of aliphatic hydroxyl groups is 1. The van der Waals surface area contributed by atoms with Crippen molar-refractivity contribution in [1.29, 1.82) is 0 Å². The van der Waals surface area contributed by atoms with Crippen LogP contribution in [0, 0.1) is 11.8 Å². The van der Waals surface area contributed by atoms with Crippen LogP contribution in [0.4, 0.5) is 0 Å². The van der Waals surface area contributed by atoms with Gasteiger partial charge in [0, 0.05) is 0 Å². The Morgan fingerprint density at radius 2 is 2.14 bits per heavy atom. The Kier molecular flexibility index (Phi) is 1.79. The molecule has 3 aliphatic rings. The maximum atomic E-state index is 10.1. The second kappa shape index (κ2) is 3.01. The molecule has 1 nitrogen and oxygen atoms in total. The Morgan fingerprint density at radius 1 is 1.21 bits per heavy atom. The smallest absolute Gasteiger partial charge is 0.118 e. The van der Waals surface area contributed by atoms with Gasteiger partial charge in [0.05, 0.1) is 0 Å². The van der Waals surface area contributed by atoms with Crippen LogP contribution in [0.3, 0.4) is 0 Å². The molecular weight excluding hydrogens is 172 g/mol. The zero-order chi connectivity index (χ0) is 9.54. The number of fused-ring (bicyclic) bond motifs is 3. The highest BCUT2D eigenvalue weighted by Crippen LogP contribution is 2.49. The van der Waals surface area contributed by atoms with Crippen molar-refractivity contribution in [2.24, 2.45) is 11.8 Å². The summed E-state index contributed by atoms with van der Waals surface area (Å²) in [4.78, 5) is 0. The lowest BCUT2D eigenvalue weighted by atomic mass is 9.77. The zero-order valence-electron chi connectivity index (χ0n) is 8.37. The normalized spacial score (nSPS) is 35.3. The van der Waals surface area contributed by atoms with Gasteiger partial charge in [0.25, 0.3) is 0 Å². The molecule has 0 aromatic carbocycles. The van der Waals surface area contributed by atoms with Crippen molar-refractivity contribution in [1.82, 2.24) is 0 Å². The number of rotatable bonds is 0. The van der Waals surface area contributed by atoms with Gasteiger partial charge in [0.15, 0.2) is 0 Å². The molecule has 74 valence electrons. The molecule has 0 amide bonds. The van der Waals surface area contributed by atoms with Gasteiger partial charge in [-0.3, -0.25) is 0 Å². The van der Waals surface area contributed by atoms with Crippen molar-refractivity contribution in [2.45, 2.75) is 32.1 Å². The first-order chi connectivity index (χ1) is 6.88. The molecule has 1 saturated carbocycles. The van der Waals surface area contributed by atoms with Gasteiger partial charge >= 0.3 is 0 Å². The molecule has 0 aromatic heterocycles. The molecule has 1 heteroatoms. The molecule has 0 heterocycles. The molecule has 3 rings (SSSR count). The third kappa shape index (κ3) is 1.01. The Hall–Kier alpha value is -0.980.